The molecular formula is C21H24N2O7S. The molecule has 2 aromatic carbocycles. The van der Waals surface area contributed by atoms with Gasteiger partial charge in [0.05, 0.1) is 12.0 Å². The molecule has 4 rings (SSSR count). The van der Waals surface area contributed by atoms with Crippen molar-refractivity contribution in [3.8, 4) is 23.0 Å². The van der Waals surface area contributed by atoms with Gasteiger partial charge >= 0.3 is 0 Å². The smallest absolute Gasteiger partial charge is 0.260 e. The van der Waals surface area contributed by atoms with Crippen molar-refractivity contribution >= 4 is 15.9 Å². The number of fused-ring (bicyclic) bond motifs is 1. The fourth-order valence-electron chi connectivity index (χ4n) is 3.42. The van der Waals surface area contributed by atoms with Crippen molar-refractivity contribution in [2.24, 2.45) is 0 Å². The highest BCUT2D eigenvalue weighted by atomic mass is 32.2. The molecule has 0 aliphatic carbocycles. The zero-order valence-corrected chi connectivity index (χ0v) is 18.0. The summed E-state index contributed by atoms with van der Waals surface area (Å²) < 4.78 is 48.9. The van der Waals surface area contributed by atoms with Gasteiger partial charge in [0.2, 0.25) is 10.0 Å². The van der Waals surface area contributed by atoms with Crippen LogP contribution >= 0.6 is 0 Å². The van der Waals surface area contributed by atoms with Gasteiger partial charge in [-0.25, -0.2) is 8.42 Å². The summed E-state index contributed by atoms with van der Waals surface area (Å²) in [7, 11) is -2.11. The van der Waals surface area contributed by atoms with Gasteiger partial charge in [-0.1, -0.05) is 0 Å². The van der Waals surface area contributed by atoms with Crippen molar-refractivity contribution in [1.29, 1.82) is 0 Å². The van der Waals surface area contributed by atoms with E-state index in [1.54, 1.807) is 42.3 Å². The summed E-state index contributed by atoms with van der Waals surface area (Å²) in [6.45, 7) is 1.74. The summed E-state index contributed by atoms with van der Waals surface area (Å²) in [5, 5.41) is 0. The first kappa shape index (κ1) is 21.3. The molecule has 0 unspecified atom stereocenters. The van der Waals surface area contributed by atoms with Crippen molar-refractivity contribution in [1.82, 2.24) is 9.21 Å². The molecule has 1 saturated heterocycles. The van der Waals surface area contributed by atoms with Gasteiger partial charge in [-0.15, -0.1) is 0 Å². The van der Waals surface area contributed by atoms with Crippen LogP contribution in [-0.2, 0) is 14.8 Å². The summed E-state index contributed by atoms with van der Waals surface area (Å²) in [5.41, 5.74) is 0. The molecule has 0 atom stereocenters. The molecule has 1 fully saturated rings. The summed E-state index contributed by atoms with van der Waals surface area (Å²) in [6.07, 6.45) is 0. The van der Waals surface area contributed by atoms with Crippen molar-refractivity contribution in [3.63, 3.8) is 0 Å². The van der Waals surface area contributed by atoms with Crippen LogP contribution in [0.4, 0.5) is 0 Å². The van der Waals surface area contributed by atoms with E-state index in [9.17, 15) is 13.2 Å². The fraction of sp³-hybridized carbons (Fsp3) is 0.381. The Bertz CT molecular complexity index is 1030. The molecule has 1 amide bonds. The molecule has 0 saturated carbocycles. The Labute approximate surface area is 181 Å². The lowest BCUT2D eigenvalue weighted by molar-refractivity contribution is -0.134. The Morgan fingerprint density at radius 2 is 1.58 bits per heavy atom. The minimum absolute atomic E-state index is 0.110. The predicted molar refractivity (Wildman–Crippen MR) is 111 cm³/mol. The third-order valence-electron chi connectivity index (χ3n) is 5.16. The lowest BCUT2D eigenvalue weighted by Crippen LogP contribution is -2.51. The quantitative estimate of drug-likeness (QED) is 0.659. The standard InChI is InChI=1S/C21H24N2O7S/c1-27-16-2-4-17(5-3-16)30-15-21(24)22-8-10-23(11-9-22)31(25,26)18-6-7-19-20(14-18)29-13-12-28-19/h2-7,14H,8-13,15H2,1H3. The number of carbonyl (C=O) groups excluding carboxylic acids is 1. The number of carbonyl (C=O) groups is 1. The highest BCUT2D eigenvalue weighted by Crippen LogP contribution is 2.33. The number of hydrogen-bond acceptors (Lipinski definition) is 7. The van der Waals surface area contributed by atoms with Crippen LogP contribution in [0.2, 0.25) is 0 Å². The van der Waals surface area contributed by atoms with E-state index >= 15 is 0 Å². The van der Waals surface area contributed by atoms with Gasteiger partial charge in [0.15, 0.2) is 18.1 Å². The molecule has 0 aromatic heterocycles. The van der Waals surface area contributed by atoms with Crippen LogP contribution in [0.25, 0.3) is 0 Å². The monoisotopic (exact) mass is 448 g/mol. The van der Waals surface area contributed by atoms with E-state index in [4.69, 9.17) is 18.9 Å². The van der Waals surface area contributed by atoms with Crippen LogP contribution in [0.1, 0.15) is 0 Å². The maximum absolute atomic E-state index is 13.0. The van der Waals surface area contributed by atoms with Crippen LogP contribution in [0.15, 0.2) is 47.4 Å². The lowest BCUT2D eigenvalue weighted by atomic mass is 10.3. The molecule has 0 radical (unpaired) electrons. The zero-order chi connectivity index (χ0) is 21.8. The Morgan fingerprint density at radius 1 is 0.935 bits per heavy atom. The van der Waals surface area contributed by atoms with Crippen molar-refractivity contribution in [3.05, 3.63) is 42.5 Å². The minimum Gasteiger partial charge on any atom is -0.497 e. The van der Waals surface area contributed by atoms with Crippen LogP contribution in [0.5, 0.6) is 23.0 Å². The normalized spacial score (nSPS) is 16.6. The third kappa shape index (κ3) is 4.70. The first-order valence-electron chi connectivity index (χ1n) is 9.92. The first-order chi connectivity index (χ1) is 15.0. The molecule has 9 nitrogen and oxygen atoms in total. The van der Waals surface area contributed by atoms with E-state index in [1.165, 1.54) is 16.4 Å². The summed E-state index contributed by atoms with van der Waals surface area (Å²) in [4.78, 5) is 14.2. The van der Waals surface area contributed by atoms with Crippen LogP contribution in [0.3, 0.4) is 0 Å². The summed E-state index contributed by atoms with van der Waals surface area (Å²) >= 11 is 0. The molecule has 31 heavy (non-hydrogen) atoms. The summed E-state index contributed by atoms with van der Waals surface area (Å²) in [6, 6.07) is 11.6. The van der Waals surface area contributed by atoms with Gasteiger partial charge in [0, 0.05) is 32.2 Å². The van der Waals surface area contributed by atoms with E-state index in [0.29, 0.717) is 49.3 Å². The fourth-order valence-corrected chi connectivity index (χ4v) is 4.86. The molecule has 10 heteroatoms. The van der Waals surface area contributed by atoms with Crippen LogP contribution in [0, 0.1) is 0 Å². The zero-order valence-electron chi connectivity index (χ0n) is 17.2. The number of hydrogen-bond donors (Lipinski definition) is 0. The Morgan fingerprint density at radius 3 is 2.26 bits per heavy atom. The van der Waals surface area contributed by atoms with E-state index in [1.807, 2.05) is 0 Å². The number of rotatable bonds is 6. The number of amides is 1. The van der Waals surface area contributed by atoms with Gasteiger partial charge in [-0.3, -0.25) is 4.79 Å². The molecule has 0 spiro atoms. The topological polar surface area (TPSA) is 94.6 Å². The van der Waals surface area contributed by atoms with E-state index < -0.39 is 10.0 Å². The van der Waals surface area contributed by atoms with E-state index in [0.717, 1.165) is 0 Å². The van der Waals surface area contributed by atoms with E-state index in [-0.39, 0.29) is 30.5 Å². The largest absolute Gasteiger partial charge is 0.497 e. The average molecular weight is 448 g/mol. The minimum atomic E-state index is -3.69. The highest BCUT2D eigenvalue weighted by molar-refractivity contribution is 7.89. The number of piperazine rings is 1. The van der Waals surface area contributed by atoms with Crippen LogP contribution < -0.4 is 18.9 Å². The third-order valence-corrected chi connectivity index (χ3v) is 7.06. The Balaban J connectivity index is 1.32. The molecule has 0 N–H and O–H groups in total. The van der Waals surface area contributed by atoms with Gasteiger partial charge in [0.1, 0.15) is 24.7 Å². The summed E-state index contributed by atoms with van der Waals surface area (Å²) in [5.74, 6) is 2.05. The van der Waals surface area contributed by atoms with Gasteiger partial charge in [0.25, 0.3) is 5.91 Å². The first-order valence-corrected chi connectivity index (χ1v) is 11.4. The Kier molecular flexibility index (Phi) is 6.19. The lowest BCUT2D eigenvalue weighted by Gasteiger charge is -2.34. The number of benzene rings is 2. The second-order valence-corrected chi connectivity index (χ2v) is 8.99. The van der Waals surface area contributed by atoms with Gasteiger partial charge in [-0.2, -0.15) is 4.31 Å². The second-order valence-electron chi connectivity index (χ2n) is 7.05. The average Bonchev–Trinajstić information content (AvgIpc) is 2.82. The molecule has 2 aliphatic heterocycles. The molecule has 0 bridgehead atoms. The van der Waals surface area contributed by atoms with Crippen LogP contribution in [-0.4, -0.2) is 76.6 Å². The van der Waals surface area contributed by atoms with Crippen molar-refractivity contribution in [2.45, 2.75) is 4.90 Å². The number of methoxy groups -OCH3 is 1. The molecular weight excluding hydrogens is 424 g/mol. The van der Waals surface area contributed by atoms with E-state index in [2.05, 4.69) is 0 Å². The number of nitrogens with zero attached hydrogens (tertiary/aromatic N) is 2. The maximum atomic E-state index is 13.0. The van der Waals surface area contributed by atoms with Gasteiger partial charge in [-0.05, 0) is 36.4 Å². The van der Waals surface area contributed by atoms with Gasteiger partial charge < -0.3 is 23.8 Å². The SMILES string of the molecule is COc1ccc(OCC(=O)N2CCN(S(=O)(=O)c3ccc4c(c3)OCCO4)CC2)cc1. The second kappa shape index (κ2) is 9.03. The maximum Gasteiger partial charge on any atom is 0.260 e. The highest BCUT2D eigenvalue weighted by Gasteiger charge is 2.31. The number of ether oxygens (including phenoxy) is 4. The van der Waals surface area contributed by atoms with Crippen molar-refractivity contribution in [2.75, 3.05) is 53.1 Å². The molecule has 2 heterocycles. The molecule has 2 aliphatic rings. The molecule has 2 aromatic rings. The number of sulfonamides is 1. The molecule has 166 valence electrons. The predicted octanol–water partition coefficient (Wildman–Crippen LogP) is 1.38. The Hall–Kier alpha value is -2.98. The van der Waals surface area contributed by atoms with Crippen molar-refractivity contribution < 1.29 is 32.2 Å².